The number of rotatable bonds is 4. The number of likely N-dealkylation sites (tertiary alicyclic amines) is 1. The standard InChI is InChI=1S/C22H29N3O2S/c1-13(2)21-23-16(5)19(28-21)20(26)24-18-10-9-17(12-14(18)3)22(27)25-11-7-6-8-15(25)4/h9-10,12-13,15H,6-8,11H2,1-5H3,(H,24,26). The van der Waals surface area contributed by atoms with E-state index in [2.05, 4.69) is 31.1 Å². The van der Waals surface area contributed by atoms with Gasteiger partial charge in [-0.2, -0.15) is 0 Å². The Labute approximate surface area is 171 Å². The first-order valence-corrected chi connectivity index (χ1v) is 10.8. The Morgan fingerprint density at radius 1 is 1.25 bits per heavy atom. The molecule has 2 amide bonds. The molecule has 1 unspecified atom stereocenters. The van der Waals surface area contributed by atoms with Gasteiger partial charge in [-0.3, -0.25) is 9.59 Å². The van der Waals surface area contributed by atoms with E-state index in [1.165, 1.54) is 17.8 Å². The normalized spacial score (nSPS) is 17.1. The van der Waals surface area contributed by atoms with Crippen molar-refractivity contribution in [3.8, 4) is 0 Å². The highest BCUT2D eigenvalue weighted by Gasteiger charge is 2.24. The lowest BCUT2D eigenvalue weighted by Gasteiger charge is -2.33. The van der Waals surface area contributed by atoms with Crippen LogP contribution in [0.3, 0.4) is 0 Å². The molecule has 3 rings (SSSR count). The van der Waals surface area contributed by atoms with Crippen molar-refractivity contribution >= 4 is 28.8 Å². The molecule has 1 aliphatic heterocycles. The Hall–Kier alpha value is -2.21. The van der Waals surface area contributed by atoms with E-state index < -0.39 is 0 Å². The second kappa shape index (κ2) is 8.43. The van der Waals surface area contributed by atoms with E-state index >= 15 is 0 Å². The van der Waals surface area contributed by atoms with Crippen LogP contribution in [0, 0.1) is 13.8 Å². The Balaban J connectivity index is 1.75. The fourth-order valence-electron chi connectivity index (χ4n) is 3.56. The van der Waals surface area contributed by atoms with E-state index in [0.717, 1.165) is 41.3 Å². The molecule has 0 aliphatic carbocycles. The number of piperidine rings is 1. The molecule has 1 aromatic carbocycles. The Kier molecular flexibility index (Phi) is 6.18. The van der Waals surface area contributed by atoms with Gasteiger partial charge >= 0.3 is 0 Å². The van der Waals surface area contributed by atoms with Gasteiger partial charge in [0.2, 0.25) is 0 Å². The van der Waals surface area contributed by atoms with Crippen molar-refractivity contribution in [2.24, 2.45) is 0 Å². The number of nitrogens with zero attached hydrogens (tertiary/aromatic N) is 2. The number of hydrogen-bond donors (Lipinski definition) is 1. The van der Waals surface area contributed by atoms with Crippen LogP contribution >= 0.6 is 11.3 Å². The lowest BCUT2D eigenvalue weighted by Crippen LogP contribution is -2.42. The largest absolute Gasteiger partial charge is 0.336 e. The topological polar surface area (TPSA) is 62.3 Å². The summed E-state index contributed by atoms with van der Waals surface area (Å²) in [4.78, 5) is 32.7. The summed E-state index contributed by atoms with van der Waals surface area (Å²) >= 11 is 1.44. The van der Waals surface area contributed by atoms with Crippen LogP contribution in [0.25, 0.3) is 0 Å². The maximum atomic E-state index is 12.9. The molecule has 0 saturated carbocycles. The quantitative estimate of drug-likeness (QED) is 0.773. The first kappa shape index (κ1) is 20.5. The maximum Gasteiger partial charge on any atom is 0.267 e. The predicted octanol–water partition coefficient (Wildman–Crippen LogP) is 5.15. The number of nitrogens with one attached hydrogen (secondary N) is 1. The molecule has 0 spiro atoms. The van der Waals surface area contributed by atoms with Crippen molar-refractivity contribution in [3.05, 3.63) is 44.9 Å². The number of benzene rings is 1. The average Bonchev–Trinajstić information content (AvgIpc) is 3.05. The number of hydrogen-bond acceptors (Lipinski definition) is 4. The van der Waals surface area contributed by atoms with Crippen molar-refractivity contribution in [1.29, 1.82) is 0 Å². The van der Waals surface area contributed by atoms with Gasteiger partial charge in [0.25, 0.3) is 11.8 Å². The molecule has 2 aromatic rings. The van der Waals surface area contributed by atoms with Crippen molar-refractivity contribution < 1.29 is 9.59 Å². The smallest absolute Gasteiger partial charge is 0.267 e. The molecule has 1 aliphatic rings. The summed E-state index contributed by atoms with van der Waals surface area (Å²) in [5, 5.41) is 3.95. The van der Waals surface area contributed by atoms with Gasteiger partial charge < -0.3 is 10.2 Å². The third-order valence-corrected chi connectivity index (χ3v) is 6.76. The molecule has 150 valence electrons. The van der Waals surface area contributed by atoms with E-state index in [1.807, 2.05) is 36.9 Å². The number of aryl methyl sites for hydroxylation is 2. The minimum absolute atomic E-state index is 0.0769. The molecule has 1 atom stereocenters. The van der Waals surface area contributed by atoms with Gasteiger partial charge in [-0.05, 0) is 63.8 Å². The van der Waals surface area contributed by atoms with Gasteiger partial charge in [-0.15, -0.1) is 11.3 Å². The van der Waals surface area contributed by atoms with Crippen LogP contribution < -0.4 is 5.32 Å². The molecule has 1 aromatic heterocycles. The van der Waals surface area contributed by atoms with Crippen LogP contribution in [0.15, 0.2) is 18.2 Å². The van der Waals surface area contributed by atoms with Crippen LogP contribution in [0.2, 0.25) is 0 Å². The second-order valence-corrected chi connectivity index (χ2v) is 8.98. The van der Waals surface area contributed by atoms with Crippen LogP contribution in [-0.2, 0) is 0 Å². The zero-order valence-corrected chi connectivity index (χ0v) is 18.2. The predicted molar refractivity (Wildman–Crippen MR) is 114 cm³/mol. The number of carbonyl (C=O) groups excluding carboxylic acids is 2. The van der Waals surface area contributed by atoms with Crippen LogP contribution in [0.5, 0.6) is 0 Å². The van der Waals surface area contributed by atoms with E-state index in [1.54, 1.807) is 0 Å². The Morgan fingerprint density at radius 3 is 2.61 bits per heavy atom. The number of carbonyl (C=O) groups is 2. The van der Waals surface area contributed by atoms with Gasteiger partial charge in [-0.25, -0.2) is 4.98 Å². The van der Waals surface area contributed by atoms with Gasteiger partial charge in [-0.1, -0.05) is 13.8 Å². The van der Waals surface area contributed by atoms with Crippen molar-refractivity contribution in [3.63, 3.8) is 0 Å². The maximum absolute atomic E-state index is 12.9. The van der Waals surface area contributed by atoms with Crippen LogP contribution in [-0.4, -0.2) is 34.3 Å². The fourth-order valence-corrected chi connectivity index (χ4v) is 4.52. The molecule has 1 fully saturated rings. The zero-order chi connectivity index (χ0) is 20.4. The lowest BCUT2D eigenvalue weighted by atomic mass is 10.0. The Bertz CT molecular complexity index is 888. The minimum Gasteiger partial charge on any atom is -0.336 e. The van der Waals surface area contributed by atoms with E-state index in [-0.39, 0.29) is 17.9 Å². The summed E-state index contributed by atoms with van der Waals surface area (Å²) in [6.45, 7) is 10.9. The summed E-state index contributed by atoms with van der Waals surface area (Å²) in [6.07, 6.45) is 3.31. The molecule has 5 nitrogen and oxygen atoms in total. The molecule has 0 bridgehead atoms. The monoisotopic (exact) mass is 399 g/mol. The van der Waals surface area contributed by atoms with Gasteiger partial charge in [0.05, 0.1) is 10.7 Å². The summed E-state index contributed by atoms with van der Waals surface area (Å²) in [7, 11) is 0. The first-order chi connectivity index (χ1) is 13.3. The van der Waals surface area contributed by atoms with E-state index in [0.29, 0.717) is 16.4 Å². The number of anilines is 1. The summed E-state index contributed by atoms with van der Waals surface area (Å²) in [6, 6.07) is 5.80. The molecule has 1 saturated heterocycles. The summed E-state index contributed by atoms with van der Waals surface area (Å²) in [5.41, 5.74) is 3.05. The third kappa shape index (κ3) is 4.27. The zero-order valence-electron chi connectivity index (χ0n) is 17.3. The third-order valence-electron chi connectivity index (χ3n) is 5.30. The van der Waals surface area contributed by atoms with E-state index in [9.17, 15) is 9.59 Å². The van der Waals surface area contributed by atoms with E-state index in [4.69, 9.17) is 0 Å². The summed E-state index contributed by atoms with van der Waals surface area (Å²) in [5.74, 6) is 0.233. The highest BCUT2D eigenvalue weighted by atomic mass is 32.1. The highest BCUT2D eigenvalue weighted by molar-refractivity contribution is 7.14. The number of amides is 2. The highest BCUT2D eigenvalue weighted by Crippen LogP contribution is 2.27. The molecule has 0 radical (unpaired) electrons. The van der Waals surface area contributed by atoms with Crippen molar-refractivity contribution in [1.82, 2.24) is 9.88 Å². The molecule has 28 heavy (non-hydrogen) atoms. The molecular formula is C22H29N3O2S. The Morgan fingerprint density at radius 2 is 2.00 bits per heavy atom. The van der Waals surface area contributed by atoms with Gasteiger partial charge in [0.1, 0.15) is 4.88 Å². The number of aromatic nitrogens is 1. The molecular weight excluding hydrogens is 370 g/mol. The molecule has 6 heteroatoms. The molecule has 1 N–H and O–H groups in total. The summed E-state index contributed by atoms with van der Waals surface area (Å²) < 4.78 is 0. The average molecular weight is 400 g/mol. The number of thiazole rings is 1. The van der Waals surface area contributed by atoms with Crippen molar-refractivity contribution in [2.45, 2.75) is 65.8 Å². The fraction of sp³-hybridized carbons (Fsp3) is 0.500. The van der Waals surface area contributed by atoms with Crippen molar-refractivity contribution in [2.75, 3.05) is 11.9 Å². The molecule has 2 heterocycles. The van der Waals surface area contributed by atoms with Gasteiger partial charge in [0.15, 0.2) is 0 Å². The SMILES string of the molecule is Cc1cc(C(=O)N2CCCCC2C)ccc1NC(=O)c1sc(C(C)C)nc1C. The second-order valence-electron chi connectivity index (χ2n) is 7.95. The van der Waals surface area contributed by atoms with Gasteiger partial charge in [0, 0.05) is 29.8 Å². The van der Waals surface area contributed by atoms with Crippen LogP contribution in [0.1, 0.15) is 82.2 Å². The first-order valence-electron chi connectivity index (χ1n) is 9.98. The minimum atomic E-state index is -0.145. The lowest BCUT2D eigenvalue weighted by molar-refractivity contribution is 0.0635. The van der Waals surface area contributed by atoms with Crippen LogP contribution in [0.4, 0.5) is 5.69 Å².